The van der Waals surface area contributed by atoms with Gasteiger partial charge in [-0.2, -0.15) is 0 Å². The predicted molar refractivity (Wildman–Crippen MR) is 123 cm³/mol. The fourth-order valence-corrected chi connectivity index (χ4v) is 4.03. The molecule has 0 aromatic heterocycles. The molecule has 0 saturated carbocycles. The van der Waals surface area contributed by atoms with Crippen LogP contribution in [0.3, 0.4) is 0 Å². The normalized spacial score (nSPS) is 17.8. The van der Waals surface area contributed by atoms with Crippen molar-refractivity contribution in [2.24, 2.45) is 0 Å². The Labute approximate surface area is 192 Å². The Morgan fingerprint density at radius 2 is 1.78 bits per heavy atom. The van der Waals surface area contributed by atoms with Gasteiger partial charge in [0.25, 0.3) is 11.7 Å². The van der Waals surface area contributed by atoms with Gasteiger partial charge in [-0.3, -0.25) is 9.59 Å². The molecule has 1 saturated heterocycles. The molecule has 8 heteroatoms. The van der Waals surface area contributed by atoms with Crippen LogP contribution in [-0.4, -0.2) is 68.0 Å². The van der Waals surface area contributed by atoms with Crippen molar-refractivity contribution in [1.82, 2.24) is 9.80 Å². The van der Waals surface area contributed by atoms with Crippen LogP contribution in [0.15, 0.2) is 48.0 Å². The number of aliphatic hydroxyl groups excluding tert-OH is 1. The van der Waals surface area contributed by atoms with Crippen molar-refractivity contribution in [3.8, 4) is 11.5 Å². The number of carbonyl (C=O) groups excluding carboxylic acids is 2. The van der Waals surface area contributed by atoms with E-state index in [1.54, 1.807) is 43.5 Å². The van der Waals surface area contributed by atoms with Crippen LogP contribution in [-0.2, 0) is 9.59 Å². The SMILES string of the molecule is COc1ccc(C2/C(=C(/O)c3ccc(OC)c(Cl)c3)C(=O)C(=O)N2CCCN(C)C)cc1. The van der Waals surface area contributed by atoms with Gasteiger partial charge in [0.1, 0.15) is 17.3 Å². The van der Waals surface area contributed by atoms with Crippen LogP contribution in [0.1, 0.15) is 23.6 Å². The van der Waals surface area contributed by atoms with Gasteiger partial charge < -0.3 is 24.4 Å². The van der Waals surface area contributed by atoms with Gasteiger partial charge in [-0.25, -0.2) is 0 Å². The van der Waals surface area contributed by atoms with Gasteiger partial charge >= 0.3 is 0 Å². The number of halogens is 1. The second kappa shape index (κ2) is 10.1. The van der Waals surface area contributed by atoms with E-state index >= 15 is 0 Å². The quantitative estimate of drug-likeness (QED) is 0.369. The molecule has 1 N–H and O–H groups in total. The molecule has 1 aliphatic heterocycles. The molecule has 0 aliphatic carbocycles. The third kappa shape index (κ3) is 4.74. The minimum Gasteiger partial charge on any atom is -0.507 e. The highest BCUT2D eigenvalue weighted by Gasteiger charge is 2.45. The van der Waals surface area contributed by atoms with Crippen molar-refractivity contribution >= 4 is 29.1 Å². The zero-order valence-corrected chi connectivity index (χ0v) is 19.3. The highest BCUT2D eigenvalue weighted by Crippen LogP contribution is 2.40. The number of likely N-dealkylation sites (tertiary alicyclic amines) is 1. The van der Waals surface area contributed by atoms with Crippen LogP contribution < -0.4 is 9.47 Å². The minimum atomic E-state index is -0.722. The van der Waals surface area contributed by atoms with Crippen molar-refractivity contribution in [1.29, 1.82) is 0 Å². The van der Waals surface area contributed by atoms with Gasteiger partial charge in [-0.05, 0) is 63.0 Å². The Bertz CT molecular complexity index is 1030. The minimum absolute atomic E-state index is 0.0336. The number of methoxy groups -OCH3 is 2. The van der Waals surface area contributed by atoms with Gasteiger partial charge in [-0.1, -0.05) is 23.7 Å². The monoisotopic (exact) mass is 458 g/mol. The van der Waals surface area contributed by atoms with Gasteiger partial charge in [0.2, 0.25) is 0 Å². The third-order valence-electron chi connectivity index (χ3n) is 5.40. The lowest BCUT2D eigenvalue weighted by molar-refractivity contribution is -0.139. The summed E-state index contributed by atoms with van der Waals surface area (Å²) in [5.41, 5.74) is 1.07. The second-order valence-corrected chi connectivity index (χ2v) is 8.18. The van der Waals surface area contributed by atoms with Crippen LogP contribution in [0.5, 0.6) is 11.5 Å². The zero-order chi connectivity index (χ0) is 23.4. The number of nitrogens with zero attached hydrogens (tertiary/aromatic N) is 2. The summed E-state index contributed by atoms with van der Waals surface area (Å²) in [6.45, 7) is 1.13. The van der Waals surface area contributed by atoms with Crippen LogP contribution in [0.4, 0.5) is 0 Å². The summed E-state index contributed by atoms with van der Waals surface area (Å²) < 4.78 is 10.4. The molecule has 0 radical (unpaired) electrons. The Morgan fingerprint density at radius 3 is 2.34 bits per heavy atom. The molecule has 1 fully saturated rings. The van der Waals surface area contributed by atoms with E-state index in [9.17, 15) is 14.7 Å². The summed E-state index contributed by atoms with van der Waals surface area (Å²) in [6, 6.07) is 11.1. The first-order valence-corrected chi connectivity index (χ1v) is 10.6. The molecule has 0 bridgehead atoms. The number of aliphatic hydroxyl groups is 1. The van der Waals surface area contributed by atoms with Crippen LogP contribution in [0.2, 0.25) is 5.02 Å². The highest BCUT2D eigenvalue weighted by atomic mass is 35.5. The maximum atomic E-state index is 13.0. The molecule has 1 unspecified atom stereocenters. The summed E-state index contributed by atoms with van der Waals surface area (Å²) in [5, 5.41) is 11.4. The van der Waals surface area contributed by atoms with Crippen molar-refractivity contribution in [2.75, 3.05) is 41.4 Å². The van der Waals surface area contributed by atoms with E-state index in [1.165, 1.54) is 18.1 Å². The maximum Gasteiger partial charge on any atom is 0.295 e. The number of ether oxygens (including phenoxy) is 2. The van der Waals surface area contributed by atoms with E-state index in [-0.39, 0.29) is 16.4 Å². The predicted octanol–water partition coefficient (Wildman–Crippen LogP) is 3.73. The standard InChI is InChI=1S/C24H27ClN2O5/c1-26(2)12-5-13-27-21(15-6-9-17(31-3)10-7-15)20(23(29)24(27)30)22(28)16-8-11-19(32-4)18(25)14-16/h6-11,14,21,28H,5,12-13H2,1-4H3/b22-20-. The zero-order valence-electron chi connectivity index (χ0n) is 18.6. The number of carbonyl (C=O) groups is 2. The number of hydrogen-bond donors (Lipinski definition) is 1. The lowest BCUT2D eigenvalue weighted by atomic mass is 9.95. The van der Waals surface area contributed by atoms with Crippen molar-refractivity contribution in [3.05, 3.63) is 64.2 Å². The molecule has 1 aliphatic rings. The molecule has 7 nitrogen and oxygen atoms in total. The Hall–Kier alpha value is -3.03. The summed E-state index contributed by atoms with van der Waals surface area (Å²) in [6.07, 6.45) is 0.682. The van der Waals surface area contributed by atoms with Crippen molar-refractivity contribution in [2.45, 2.75) is 12.5 Å². The number of amides is 1. The second-order valence-electron chi connectivity index (χ2n) is 7.77. The summed E-state index contributed by atoms with van der Waals surface area (Å²) >= 11 is 6.22. The Kier molecular flexibility index (Phi) is 7.43. The lowest BCUT2D eigenvalue weighted by Gasteiger charge is -2.26. The third-order valence-corrected chi connectivity index (χ3v) is 5.70. The molecule has 0 spiro atoms. The number of ketones is 1. The first-order valence-electron chi connectivity index (χ1n) is 10.2. The van der Waals surface area contributed by atoms with Gasteiger partial charge in [0, 0.05) is 12.1 Å². The van der Waals surface area contributed by atoms with Crippen LogP contribution in [0, 0.1) is 0 Å². The number of benzene rings is 2. The van der Waals surface area contributed by atoms with Crippen molar-refractivity contribution < 1.29 is 24.2 Å². The first kappa shape index (κ1) is 23.6. The fraction of sp³-hybridized carbons (Fsp3) is 0.333. The van der Waals surface area contributed by atoms with Gasteiger partial charge in [0.15, 0.2) is 0 Å². The molecule has 2 aromatic carbocycles. The van der Waals surface area contributed by atoms with E-state index in [1.807, 2.05) is 19.0 Å². The molecule has 2 aromatic rings. The van der Waals surface area contributed by atoms with Gasteiger partial charge in [-0.15, -0.1) is 0 Å². The van der Waals surface area contributed by atoms with E-state index in [0.29, 0.717) is 35.6 Å². The smallest absolute Gasteiger partial charge is 0.295 e. The molecule has 1 amide bonds. The lowest BCUT2D eigenvalue weighted by Crippen LogP contribution is -2.32. The molecular weight excluding hydrogens is 432 g/mol. The van der Waals surface area contributed by atoms with Crippen LogP contribution in [0.25, 0.3) is 5.76 Å². The van der Waals surface area contributed by atoms with Crippen molar-refractivity contribution in [3.63, 3.8) is 0 Å². The highest BCUT2D eigenvalue weighted by molar-refractivity contribution is 6.46. The molecule has 3 rings (SSSR count). The molecular formula is C24H27ClN2O5. The molecule has 32 heavy (non-hydrogen) atoms. The molecule has 1 heterocycles. The fourth-order valence-electron chi connectivity index (χ4n) is 3.77. The van der Waals surface area contributed by atoms with E-state index in [4.69, 9.17) is 21.1 Å². The number of rotatable bonds is 8. The average Bonchev–Trinajstić information content (AvgIpc) is 3.03. The number of hydrogen-bond acceptors (Lipinski definition) is 6. The molecule has 170 valence electrons. The topological polar surface area (TPSA) is 79.3 Å². The Balaban J connectivity index is 2.10. The average molecular weight is 459 g/mol. The summed E-state index contributed by atoms with van der Waals surface area (Å²) in [5.74, 6) is -0.533. The van der Waals surface area contributed by atoms with Gasteiger partial charge in [0.05, 0.1) is 30.9 Å². The van der Waals surface area contributed by atoms with E-state index in [2.05, 4.69) is 0 Å². The number of Topliss-reactive ketones (excluding diaryl/α,β-unsaturated/α-hetero) is 1. The first-order chi connectivity index (χ1) is 15.3. The maximum absolute atomic E-state index is 13.0. The van der Waals surface area contributed by atoms with Crippen LogP contribution >= 0.6 is 11.6 Å². The summed E-state index contributed by atoms with van der Waals surface area (Å²) in [4.78, 5) is 29.5. The molecule has 1 atom stereocenters. The van der Waals surface area contributed by atoms with E-state index in [0.717, 1.165) is 6.54 Å². The Morgan fingerprint density at radius 1 is 1.09 bits per heavy atom. The van der Waals surface area contributed by atoms with E-state index < -0.39 is 17.7 Å². The summed E-state index contributed by atoms with van der Waals surface area (Å²) in [7, 11) is 6.95. The largest absolute Gasteiger partial charge is 0.507 e.